The average Bonchev–Trinajstić information content (AvgIpc) is 2.68. The third kappa shape index (κ3) is 4.26. The Balaban J connectivity index is 1.87. The van der Waals surface area contributed by atoms with E-state index < -0.39 is 17.8 Å². The van der Waals surface area contributed by atoms with Crippen molar-refractivity contribution in [2.24, 2.45) is 5.92 Å². The summed E-state index contributed by atoms with van der Waals surface area (Å²) in [5.41, 5.74) is 0.374. The van der Waals surface area contributed by atoms with E-state index in [2.05, 4.69) is 10.4 Å². The van der Waals surface area contributed by atoms with Gasteiger partial charge in [-0.05, 0) is 29.7 Å². The molecule has 146 valence electrons. The first-order valence-corrected chi connectivity index (χ1v) is 9.08. The molecule has 0 spiro atoms. The van der Waals surface area contributed by atoms with Crippen LogP contribution in [0.4, 0.5) is 4.39 Å². The lowest BCUT2D eigenvalue weighted by Gasteiger charge is -2.14. The summed E-state index contributed by atoms with van der Waals surface area (Å²) in [5.74, 6) is -0.708. The molecule has 6 nitrogen and oxygen atoms in total. The molecule has 2 N–H and O–H groups in total. The zero-order chi connectivity index (χ0) is 20.3. The van der Waals surface area contributed by atoms with Crippen LogP contribution in [-0.2, 0) is 6.54 Å². The molecule has 28 heavy (non-hydrogen) atoms. The number of fused-ring (bicyclic) bond motifs is 1. The van der Waals surface area contributed by atoms with Crippen LogP contribution in [0.2, 0.25) is 0 Å². The molecule has 0 saturated heterocycles. The maximum Gasteiger partial charge on any atom is 0.274 e. The first-order chi connectivity index (χ1) is 13.4. The molecule has 1 atom stereocenters. The Morgan fingerprint density at radius 1 is 1.14 bits per heavy atom. The summed E-state index contributed by atoms with van der Waals surface area (Å²) in [7, 11) is 0. The van der Waals surface area contributed by atoms with Gasteiger partial charge in [-0.25, -0.2) is 9.07 Å². The van der Waals surface area contributed by atoms with E-state index in [9.17, 15) is 19.1 Å². The number of amides is 1. The van der Waals surface area contributed by atoms with Crippen LogP contribution in [0.15, 0.2) is 53.3 Å². The van der Waals surface area contributed by atoms with Gasteiger partial charge in [-0.3, -0.25) is 9.59 Å². The van der Waals surface area contributed by atoms with E-state index >= 15 is 0 Å². The Hall–Kier alpha value is -3.06. The van der Waals surface area contributed by atoms with Gasteiger partial charge in [-0.15, -0.1) is 0 Å². The van der Waals surface area contributed by atoms with Crippen LogP contribution in [0.3, 0.4) is 0 Å². The molecule has 0 radical (unpaired) electrons. The van der Waals surface area contributed by atoms with Crippen LogP contribution in [0.5, 0.6) is 0 Å². The van der Waals surface area contributed by atoms with Crippen LogP contribution in [0.25, 0.3) is 10.8 Å². The topological polar surface area (TPSA) is 84.2 Å². The molecule has 0 aliphatic carbocycles. The van der Waals surface area contributed by atoms with Crippen LogP contribution < -0.4 is 10.9 Å². The Morgan fingerprint density at radius 2 is 1.79 bits per heavy atom. The second kappa shape index (κ2) is 8.31. The van der Waals surface area contributed by atoms with Crippen LogP contribution >= 0.6 is 0 Å². The lowest BCUT2D eigenvalue weighted by molar-refractivity contribution is 0.0910. The van der Waals surface area contributed by atoms with E-state index in [0.29, 0.717) is 22.9 Å². The van der Waals surface area contributed by atoms with Crippen molar-refractivity contribution in [3.63, 3.8) is 0 Å². The summed E-state index contributed by atoms with van der Waals surface area (Å²) in [6.07, 6.45) is -0.989. The van der Waals surface area contributed by atoms with Gasteiger partial charge in [0, 0.05) is 18.5 Å². The summed E-state index contributed by atoms with van der Waals surface area (Å²) in [4.78, 5) is 25.4. The van der Waals surface area contributed by atoms with Crippen molar-refractivity contribution in [2.45, 2.75) is 26.5 Å². The van der Waals surface area contributed by atoms with Gasteiger partial charge in [0.2, 0.25) is 0 Å². The highest BCUT2D eigenvalue weighted by Gasteiger charge is 2.18. The number of aliphatic hydroxyl groups is 1. The van der Waals surface area contributed by atoms with Gasteiger partial charge in [-0.1, -0.05) is 44.2 Å². The third-order valence-corrected chi connectivity index (χ3v) is 4.33. The quantitative estimate of drug-likeness (QED) is 0.685. The number of halogens is 1. The van der Waals surface area contributed by atoms with E-state index in [1.807, 2.05) is 13.8 Å². The van der Waals surface area contributed by atoms with E-state index in [1.165, 1.54) is 28.9 Å². The van der Waals surface area contributed by atoms with Crippen LogP contribution in [0, 0.1) is 11.7 Å². The van der Waals surface area contributed by atoms with Crippen molar-refractivity contribution >= 4 is 16.7 Å². The highest BCUT2D eigenvalue weighted by molar-refractivity contribution is 6.04. The summed E-state index contributed by atoms with van der Waals surface area (Å²) >= 11 is 0. The van der Waals surface area contributed by atoms with Crippen molar-refractivity contribution in [3.8, 4) is 0 Å². The third-order valence-electron chi connectivity index (χ3n) is 4.33. The van der Waals surface area contributed by atoms with Gasteiger partial charge >= 0.3 is 0 Å². The number of hydrogen-bond acceptors (Lipinski definition) is 4. The second-order valence-electron chi connectivity index (χ2n) is 7.05. The fourth-order valence-electron chi connectivity index (χ4n) is 2.95. The number of rotatable bonds is 6. The molecular formula is C21H22FN3O3. The zero-order valence-electron chi connectivity index (χ0n) is 15.7. The standard InChI is InChI=1S/C21H22FN3O3/c1-13(2)12-25-21(28)17-6-4-3-5-16(17)19(24-25)20(27)23-11-18(26)14-7-9-15(22)10-8-14/h3-10,13,18,26H,11-12H2,1-2H3,(H,23,27). The van der Waals surface area contributed by atoms with E-state index in [4.69, 9.17) is 0 Å². The summed E-state index contributed by atoms with van der Waals surface area (Å²) in [6.45, 7) is 4.25. The molecule has 0 aliphatic rings. The predicted molar refractivity (Wildman–Crippen MR) is 105 cm³/mol. The largest absolute Gasteiger partial charge is 0.387 e. The monoisotopic (exact) mass is 383 g/mol. The second-order valence-corrected chi connectivity index (χ2v) is 7.05. The molecule has 1 amide bonds. The van der Waals surface area contributed by atoms with Crippen LogP contribution in [0.1, 0.15) is 36.0 Å². The minimum Gasteiger partial charge on any atom is -0.387 e. The number of hydrogen-bond donors (Lipinski definition) is 2. The molecule has 7 heteroatoms. The van der Waals surface area contributed by atoms with E-state index in [1.54, 1.807) is 24.3 Å². The van der Waals surface area contributed by atoms with Gasteiger partial charge in [0.15, 0.2) is 5.69 Å². The highest BCUT2D eigenvalue weighted by Crippen LogP contribution is 2.15. The smallest absolute Gasteiger partial charge is 0.274 e. The summed E-state index contributed by atoms with van der Waals surface area (Å²) in [6, 6.07) is 12.2. The number of nitrogens with one attached hydrogen (secondary N) is 1. The van der Waals surface area contributed by atoms with E-state index in [-0.39, 0.29) is 23.7 Å². The fraction of sp³-hybridized carbons (Fsp3) is 0.286. The Kier molecular flexibility index (Phi) is 5.84. The molecule has 0 bridgehead atoms. The molecule has 1 unspecified atom stereocenters. The van der Waals surface area contributed by atoms with Gasteiger partial charge in [0.1, 0.15) is 5.82 Å². The van der Waals surface area contributed by atoms with E-state index in [0.717, 1.165) is 0 Å². The zero-order valence-corrected chi connectivity index (χ0v) is 15.7. The number of carbonyl (C=O) groups excluding carboxylic acids is 1. The normalized spacial score (nSPS) is 12.3. The minimum absolute atomic E-state index is 0.0657. The first kappa shape index (κ1) is 19.7. The lowest BCUT2D eigenvalue weighted by Crippen LogP contribution is -2.33. The molecule has 1 aromatic heterocycles. The van der Waals surface area contributed by atoms with Gasteiger partial charge in [0.05, 0.1) is 11.5 Å². The fourth-order valence-corrected chi connectivity index (χ4v) is 2.95. The van der Waals surface area contributed by atoms with Crippen LogP contribution in [-0.4, -0.2) is 27.3 Å². The Bertz CT molecular complexity index is 1040. The Morgan fingerprint density at radius 3 is 2.43 bits per heavy atom. The molecular weight excluding hydrogens is 361 g/mol. The molecule has 0 saturated carbocycles. The summed E-state index contributed by atoms with van der Waals surface area (Å²) in [5, 5.41) is 18.0. The SMILES string of the molecule is CC(C)Cn1nc(C(=O)NCC(O)c2ccc(F)cc2)c2ccccc2c1=O. The van der Waals surface area contributed by atoms with Crippen molar-refractivity contribution in [2.75, 3.05) is 6.54 Å². The number of aliphatic hydroxyl groups excluding tert-OH is 1. The number of nitrogens with zero attached hydrogens (tertiary/aromatic N) is 2. The number of carbonyl (C=O) groups is 1. The molecule has 0 aliphatic heterocycles. The maximum absolute atomic E-state index is 13.0. The lowest BCUT2D eigenvalue weighted by atomic mass is 10.1. The molecule has 1 heterocycles. The molecule has 0 fully saturated rings. The van der Waals surface area contributed by atoms with Crippen molar-refractivity contribution in [1.29, 1.82) is 0 Å². The average molecular weight is 383 g/mol. The maximum atomic E-state index is 13.0. The number of benzene rings is 2. The summed E-state index contributed by atoms with van der Waals surface area (Å²) < 4.78 is 14.3. The van der Waals surface area contributed by atoms with Crippen molar-refractivity contribution < 1.29 is 14.3 Å². The number of aromatic nitrogens is 2. The Labute approximate surface area is 161 Å². The molecule has 3 rings (SSSR count). The van der Waals surface area contributed by atoms with Gasteiger partial charge in [-0.2, -0.15) is 5.10 Å². The predicted octanol–water partition coefficient (Wildman–Crippen LogP) is 2.66. The van der Waals surface area contributed by atoms with Crippen molar-refractivity contribution in [1.82, 2.24) is 15.1 Å². The minimum atomic E-state index is -0.989. The highest BCUT2D eigenvalue weighted by atomic mass is 19.1. The molecule has 3 aromatic rings. The van der Waals surface area contributed by atoms with Gasteiger partial charge < -0.3 is 10.4 Å². The molecule has 2 aromatic carbocycles. The first-order valence-electron chi connectivity index (χ1n) is 9.08. The van der Waals surface area contributed by atoms with Gasteiger partial charge in [0.25, 0.3) is 11.5 Å². The van der Waals surface area contributed by atoms with Crippen molar-refractivity contribution in [3.05, 3.63) is 76.0 Å².